The number of nitrogen functional groups attached to an aromatic ring is 1. The van der Waals surface area contributed by atoms with Gasteiger partial charge in [-0.05, 0) is 0 Å². The number of anilines is 1. The van der Waals surface area contributed by atoms with Gasteiger partial charge in [-0.2, -0.15) is 9.78 Å². The average Bonchev–Trinajstić information content (AvgIpc) is 2.61. The Bertz CT molecular complexity index is 465. The van der Waals surface area contributed by atoms with Crippen LogP contribution in [0.15, 0.2) is 29.7 Å². The van der Waals surface area contributed by atoms with Gasteiger partial charge in [0.25, 0.3) is 0 Å². The molecule has 0 fully saturated rings. The van der Waals surface area contributed by atoms with Gasteiger partial charge in [-0.25, -0.2) is 4.98 Å². The fourth-order valence-electron chi connectivity index (χ4n) is 1.27. The molecule has 6 heteroatoms. The summed E-state index contributed by atoms with van der Waals surface area (Å²) in [6.45, 7) is 4.23. The minimum absolute atomic E-state index is 0.474. The van der Waals surface area contributed by atoms with Crippen LogP contribution >= 0.6 is 11.8 Å². The Morgan fingerprint density at radius 3 is 2.75 bits per heavy atom. The van der Waals surface area contributed by atoms with E-state index in [2.05, 4.69) is 28.9 Å². The third kappa shape index (κ3) is 2.16. The molecule has 2 aromatic heterocycles. The standard InChI is InChI=1S/C10H13N5S/c1-7(2)16-8-5-14-15(10(8)11)9-6-12-3-4-13-9/h3-7H,11H2,1-2H3. The second-order valence-electron chi connectivity index (χ2n) is 3.54. The van der Waals surface area contributed by atoms with Gasteiger partial charge in [0.05, 0.1) is 17.3 Å². The maximum absolute atomic E-state index is 6.00. The summed E-state index contributed by atoms with van der Waals surface area (Å²) in [6.07, 6.45) is 6.63. The van der Waals surface area contributed by atoms with E-state index in [-0.39, 0.29) is 0 Å². The number of nitrogens with zero attached hydrogens (tertiary/aromatic N) is 4. The molecule has 0 saturated carbocycles. The van der Waals surface area contributed by atoms with E-state index >= 15 is 0 Å². The molecule has 0 saturated heterocycles. The first-order valence-corrected chi connectivity index (χ1v) is 5.83. The predicted molar refractivity (Wildman–Crippen MR) is 64.6 cm³/mol. The first kappa shape index (κ1) is 10.9. The van der Waals surface area contributed by atoms with Gasteiger partial charge < -0.3 is 5.73 Å². The summed E-state index contributed by atoms with van der Waals surface area (Å²) in [5.74, 6) is 1.25. The molecule has 84 valence electrons. The molecule has 0 aliphatic carbocycles. The first-order valence-electron chi connectivity index (χ1n) is 4.95. The third-order valence-corrected chi connectivity index (χ3v) is 2.94. The number of rotatable bonds is 3. The summed E-state index contributed by atoms with van der Waals surface area (Å²) in [5.41, 5.74) is 6.00. The van der Waals surface area contributed by atoms with Crippen molar-refractivity contribution in [1.29, 1.82) is 0 Å². The van der Waals surface area contributed by atoms with Crippen LogP contribution in [-0.4, -0.2) is 25.0 Å². The van der Waals surface area contributed by atoms with Gasteiger partial charge in [0.2, 0.25) is 0 Å². The molecule has 2 aromatic rings. The minimum Gasteiger partial charge on any atom is -0.383 e. The zero-order chi connectivity index (χ0) is 11.5. The highest BCUT2D eigenvalue weighted by molar-refractivity contribution is 8.00. The summed E-state index contributed by atoms with van der Waals surface area (Å²) < 4.78 is 1.59. The molecule has 0 aliphatic rings. The highest BCUT2D eigenvalue weighted by Crippen LogP contribution is 2.29. The largest absolute Gasteiger partial charge is 0.383 e. The van der Waals surface area contributed by atoms with Gasteiger partial charge in [0, 0.05) is 17.6 Å². The molecule has 5 nitrogen and oxygen atoms in total. The molecule has 0 aromatic carbocycles. The van der Waals surface area contributed by atoms with Crippen LogP contribution in [-0.2, 0) is 0 Å². The smallest absolute Gasteiger partial charge is 0.174 e. The molecule has 0 unspecified atom stereocenters. The summed E-state index contributed by atoms with van der Waals surface area (Å²) in [5, 5.41) is 4.68. The normalized spacial score (nSPS) is 10.9. The summed E-state index contributed by atoms with van der Waals surface area (Å²) in [7, 11) is 0. The number of thioether (sulfide) groups is 1. The van der Waals surface area contributed by atoms with Crippen LogP contribution in [0.2, 0.25) is 0 Å². The van der Waals surface area contributed by atoms with Gasteiger partial charge in [-0.3, -0.25) is 4.98 Å². The third-order valence-electron chi connectivity index (χ3n) is 1.90. The number of aromatic nitrogens is 4. The van der Waals surface area contributed by atoms with Gasteiger partial charge in [-0.15, -0.1) is 11.8 Å². The summed E-state index contributed by atoms with van der Waals surface area (Å²) in [6, 6.07) is 0. The summed E-state index contributed by atoms with van der Waals surface area (Å²) in [4.78, 5) is 9.11. The molecular formula is C10H13N5S. The Hall–Kier alpha value is -1.56. The highest BCUT2D eigenvalue weighted by atomic mass is 32.2. The van der Waals surface area contributed by atoms with Crippen molar-refractivity contribution in [3.05, 3.63) is 24.8 Å². The molecule has 0 amide bonds. The van der Waals surface area contributed by atoms with Crippen LogP contribution < -0.4 is 5.73 Å². The molecule has 0 radical (unpaired) electrons. The zero-order valence-electron chi connectivity index (χ0n) is 9.16. The van der Waals surface area contributed by atoms with Crippen molar-refractivity contribution in [2.75, 3.05) is 5.73 Å². The van der Waals surface area contributed by atoms with Crippen molar-refractivity contribution in [1.82, 2.24) is 19.7 Å². The predicted octanol–water partition coefficient (Wildman–Crippen LogP) is 1.74. The molecule has 2 rings (SSSR count). The lowest BCUT2D eigenvalue weighted by atomic mass is 10.6. The maximum atomic E-state index is 6.00. The van der Waals surface area contributed by atoms with Crippen LogP contribution in [0.3, 0.4) is 0 Å². The van der Waals surface area contributed by atoms with E-state index in [1.54, 1.807) is 41.2 Å². The van der Waals surface area contributed by atoms with Gasteiger partial charge in [0.15, 0.2) is 5.82 Å². The van der Waals surface area contributed by atoms with Crippen molar-refractivity contribution in [2.24, 2.45) is 0 Å². The average molecular weight is 235 g/mol. The van der Waals surface area contributed by atoms with Crippen LogP contribution in [0.5, 0.6) is 0 Å². The van der Waals surface area contributed by atoms with Crippen LogP contribution in [0.25, 0.3) is 5.82 Å². The Balaban J connectivity index is 2.34. The van der Waals surface area contributed by atoms with E-state index in [9.17, 15) is 0 Å². The van der Waals surface area contributed by atoms with Crippen molar-refractivity contribution in [3.63, 3.8) is 0 Å². The van der Waals surface area contributed by atoms with Crippen molar-refractivity contribution < 1.29 is 0 Å². The SMILES string of the molecule is CC(C)Sc1cnn(-c2cnccn2)c1N. The quantitative estimate of drug-likeness (QED) is 0.821. The van der Waals surface area contributed by atoms with Gasteiger partial charge >= 0.3 is 0 Å². The number of nitrogens with two attached hydrogens (primary N) is 1. The van der Waals surface area contributed by atoms with Crippen molar-refractivity contribution >= 4 is 17.6 Å². The van der Waals surface area contributed by atoms with E-state index in [1.165, 1.54) is 0 Å². The molecule has 0 spiro atoms. The van der Waals surface area contributed by atoms with E-state index < -0.39 is 0 Å². The topological polar surface area (TPSA) is 69.6 Å². The molecule has 16 heavy (non-hydrogen) atoms. The Kier molecular flexibility index (Phi) is 3.09. The van der Waals surface area contributed by atoms with Gasteiger partial charge in [-0.1, -0.05) is 13.8 Å². The van der Waals surface area contributed by atoms with Gasteiger partial charge in [0.1, 0.15) is 5.82 Å². The van der Waals surface area contributed by atoms with Crippen LogP contribution in [0, 0.1) is 0 Å². The number of hydrogen-bond donors (Lipinski definition) is 1. The lowest BCUT2D eigenvalue weighted by Crippen LogP contribution is -2.04. The van der Waals surface area contributed by atoms with E-state index in [4.69, 9.17) is 5.73 Å². The molecule has 0 aliphatic heterocycles. The van der Waals surface area contributed by atoms with Crippen molar-refractivity contribution in [2.45, 2.75) is 24.0 Å². The zero-order valence-corrected chi connectivity index (χ0v) is 9.98. The Morgan fingerprint density at radius 2 is 2.12 bits per heavy atom. The van der Waals surface area contributed by atoms with E-state index in [1.807, 2.05) is 0 Å². The minimum atomic E-state index is 0.474. The lowest BCUT2D eigenvalue weighted by molar-refractivity contribution is 0.847. The Morgan fingerprint density at radius 1 is 1.31 bits per heavy atom. The fourth-order valence-corrected chi connectivity index (χ4v) is 2.09. The molecule has 2 heterocycles. The maximum Gasteiger partial charge on any atom is 0.174 e. The first-order chi connectivity index (χ1) is 7.68. The van der Waals surface area contributed by atoms with E-state index in [0.29, 0.717) is 16.9 Å². The fraction of sp³-hybridized carbons (Fsp3) is 0.300. The molecular weight excluding hydrogens is 222 g/mol. The number of hydrogen-bond acceptors (Lipinski definition) is 5. The molecule has 0 bridgehead atoms. The second-order valence-corrected chi connectivity index (χ2v) is 5.15. The molecule has 0 atom stereocenters. The molecule has 2 N–H and O–H groups in total. The highest BCUT2D eigenvalue weighted by Gasteiger charge is 2.11. The van der Waals surface area contributed by atoms with Crippen molar-refractivity contribution in [3.8, 4) is 5.82 Å². The Labute approximate surface area is 98.1 Å². The van der Waals surface area contributed by atoms with Crippen LogP contribution in [0.1, 0.15) is 13.8 Å². The lowest BCUT2D eigenvalue weighted by Gasteiger charge is -2.04. The monoisotopic (exact) mass is 235 g/mol. The summed E-state index contributed by atoms with van der Waals surface area (Å²) >= 11 is 1.68. The second kappa shape index (κ2) is 4.52. The van der Waals surface area contributed by atoms with E-state index in [0.717, 1.165) is 4.90 Å². The van der Waals surface area contributed by atoms with Crippen LogP contribution in [0.4, 0.5) is 5.82 Å².